The normalized spacial score (nSPS) is 14.2. The summed E-state index contributed by atoms with van der Waals surface area (Å²) in [5.74, 6) is -0.0919. The number of carbonyl (C=O) groups is 1. The Balaban J connectivity index is 1.21. The number of benzene rings is 3. The van der Waals surface area contributed by atoms with Crippen LogP contribution in [0.15, 0.2) is 76.3 Å². The first-order chi connectivity index (χ1) is 16.9. The molecule has 178 valence electrons. The van der Waals surface area contributed by atoms with E-state index in [-0.39, 0.29) is 30.0 Å². The summed E-state index contributed by atoms with van der Waals surface area (Å²) < 4.78 is 5.44. The molecule has 5 N–H and O–H groups in total. The molecule has 1 aliphatic carbocycles. The van der Waals surface area contributed by atoms with Crippen LogP contribution in [0.2, 0.25) is 0 Å². The Labute approximate surface area is 199 Å². The van der Waals surface area contributed by atoms with Crippen LogP contribution in [-0.2, 0) is 4.74 Å². The molecule has 0 saturated heterocycles. The molecule has 0 radical (unpaired) electrons. The number of hydrogen-bond acceptors (Lipinski definition) is 6. The third-order valence-corrected chi connectivity index (χ3v) is 6.27. The lowest BCUT2D eigenvalue weighted by molar-refractivity contribution is 0.0186. The molecule has 9 nitrogen and oxygen atoms in total. The Bertz CT molecular complexity index is 1480. The molecule has 0 saturated carbocycles. The standard InChI is InChI=1S/C26H23N3O6/c30-22(23(31)14-9-10-21-19(11-14)24(32)29-25(33)28-21)12-27-26(34)35-13-20-17-7-3-1-5-15(17)16-6-2-4-8-18(16)20/h1-11,20,22-23,30-31H,12-13H2,(H,27,34)(H2,28,29,32,33). The second-order valence-corrected chi connectivity index (χ2v) is 8.43. The van der Waals surface area contributed by atoms with Crippen molar-refractivity contribution < 1.29 is 19.7 Å². The Kier molecular flexibility index (Phi) is 5.94. The van der Waals surface area contributed by atoms with E-state index in [0.29, 0.717) is 5.52 Å². The predicted molar refractivity (Wildman–Crippen MR) is 129 cm³/mol. The van der Waals surface area contributed by atoms with E-state index in [1.165, 1.54) is 18.2 Å². The minimum absolute atomic E-state index is 0.0919. The van der Waals surface area contributed by atoms with E-state index in [4.69, 9.17) is 4.74 Å². The number of aliphatic hydroxyl groups is 2. The van der Waals surface area contributed by atoms with Gasteiger partial charge in [0.05, 0.1) is 10.9 Å². The fourth-order valence-electron chi connectivity index (χ4n) is 4.54. The maximum atomic E-state index is 12.3. The molecule has 1 heterocycles. The second-order valence-electron chi connectivity index (χ2n) is 8.43. The lowest BCUT2D eigenvalue weighted by Crippen LogP contribution is -2.36. The maximum Gasteiger partial charge on any atom is 0.407 e. The highest BCUT2D eigenvalue weighted by Gasteiger charge is 2.29. The van der Waals surface area contributed by atoms with E-state index in [0.717, 1.165) is 22.3 Å². The quantitative estimate of drug-likeness (QED) is 0.290. The van der Waals surface area contributed by atoms with Crippen molar-refractivity contribution in [3.63, 3.8) is 0 Å². The van der Waals surface area contributed by atoms with Gasteiger partial charge in [0.2, 0.25) is 0 Å². The highest BCUT2D eigenvalue weighted by atomic mass is 16.5. The van der Waals surface area contributed by atoms with Gasteiger partial charge >= 0.3 is 11.8 Å². The first-order valence-electron chi connectivity index (χ1n) is 11.1. The van der Waals surface area contributed by atoms with Gasteiger partial charge in [0.15, 0.2) is 0 Å². The van der Waals surface area contributed by atoms with Crippen LogP contribution < -0.4 is 16.6 Å². The number of aliphatic hydroxyl groups excluding tert-OH is 2. The highest BCUT2D eigenvalue weighted by Crippen LogP contribution is 2.44. The molecule has 35 heavy (non-hydrogen) atoms. The molecule has 2 atom stereocenters. The predicted octanol–water partition coefficient (Wildman–Crippen LogP) is 2.15. The van der Waals surface area contributed by atoms with Crippen molar-refractivity contribution in [2.75, 3.05) is 13.2 Å². The van der Waals surface area contributed by atoms with Crippen LogP contribution in [0.4, 0.5) is 4.79 Å². The van der Waals surface area contributed by atoms with Crippen LogP contribution in [0, 0.1) is 0 Å². The fraction of sp³-hybridized carbons (Fsp3) is 0.192. The van der Waals surface area contributed by atoms with E-state index in [2.05, 4.69) is 15.3 Å². The number of fused-ring (bicyclic) bond motifs is 4. The van der Waals surface area contributed by atoms with Gasteiger partial charge in [0.25, 0.3) is 5.56 Å². The summed E-state index contributed by atoms with van der Waals surface area (Å²) in [6.45, 7) is -0.137. The van der Waals surface area contributed by atoms with E-state index < -0.39 is 29.6 Å². The largest absolute Gasteiger partial charge is 0.449 e. The van der Waals surface area contributed by atoms with Gasteiger partial charge in [-0.3, -0.25) is 9.78 Å². The van der Waals surface area contributed by atoms with Crippen LogP contribution in [0.5, 0.6) is 0 Å². The van der Waals surface area contributed by atoms with E-state index in [1.807, 2.05) is 48.5 Å². The summed E-state index contributed by atoms with van der Waals surface area (Å²) in [7, 11) is 0. The second kappa shape index (κ2) is 9.21. The number of aromatic nitrogens is 2. The summed E-state index contributed by atoms with van der Waals surface area (Å²) in [6, 6.07) is 20.3. The third kappa shape index (κ3) is 4.34. The number of rotatable bonds is 6. The van der Waals surface area contributed by atoms with E-state index in [9.17, 15) is 24.6 Å². The third-order valence-electron chi connectivity index (χ3n) is 6.27. The zero-order chi connectivity index (χ0) is 24.5. The molecule has 1 aromatic heterocycles. The molecule has 1 amide bonds. The monoisotopic (exact) mass is 473 g/mol. The molecule has 0 fully saturated rings. The van der Waals surface area contributed by atoms with Crippen molar-refractivity contribution in [3.05, 3.63) is 104 Å². The minimum atomic E-state index is -1.38. The Morgan fingerprint density at radius 3 is 2.29 bits per heavy atom. The topological polar surface area (TPSA) is 145 Å². The van der Waals surface area contributed by atoms with Gasteiger partial charge in [-0.25, -0.2) is 9.59 Å². The molecule has 2 unspecified atom stereocenters. The van der Waals surface area contributed by atoms with Gasteiger partial charge in [-0.2, -0.15) is 0 Å². The maximum absolute atomic E-state index is 12.3. The zero-order valence-corrected chi connectivity index (χ0v) is 18.5. The van der Waals surface area contributed by atoms with Crippen molar-refractivity contribution in [2.45, 2.75) is 18.1 Å². The number of nitrogens with one attached hydrogen (secondary N) is 3. The molecule has 5 rings (SSSR count). The van der Waals surface area contributed by atoms with Gasteiger partial charge < -0.3 is 25.3 Å². The number of carbonyl (C=O) groups excluding carboxylic acids is 1. The first kappa shape index (κ1) is 22.6. The lowest BCUT2D eigenvalue weighted by Gasteiger charge is -2.19. The van der Waals surface area contributed by atoms with Crippen LogP contribution >= 0.6 is 0 Å². The Morgan fingerprint density at radius 2 is 1.60 bits per heavy atom. The zero-order valence-electron chi connectivity index (χ0n) is 18.5. The number of H-pyrrole nitrogens is 2. The first-order valence-corrected chi connectivity index (χ1v) is 11.1. The van der Waals surface area contributed by atoms with Crippen LogP contribution in [0.1, 0.15) is 28.7 Å². The molecule has 0 aliphatic heterocycles. The van der Waals surface area contributed by atoms with Crippen molar-refractivity contribution in [1.29, 1.82) is 0 Å². The summed E-state index contributed by atoms with van der Waals surface area (Å²) in [5.41, 5.74) is 3.74. The minimum Gasteiger partial charge on any atom is -0.449 e. The lowest BCUT2D eigenvalue weighted by atomic mass is 9.98. The molecular formula is C26H23N3O6. The molecule has 1 aliphatic rings. The molecule has 0 bridgehead atoms. The molecular weight excluding hydrogens is 450 g/mol. The molecule has 4 aromatic rings. The Morgan fingerprint density at radius 1 is 0.943 bits per heavy atom. The van der Waals surface area contributed by atoms with Crippen LogP contribution in [-0.4, -0.2) is 45.5 Å². The number of hydrogen-bond donors (Lipinski definition) is 5. The SMILES string of the molecule is O=C(NCC(O)C(O)c1ccc2[nH]c(=O)[nH]c(=O)c2c1)OCC1c2ccccc2-c2ccccc21. The van der Waals surface area contributed by atoms with Gasteiger partial charge in [-0.05, 0) is 39.9 Å². The summed E-state index contributed by atoms with van der Waals surface area (Å²) >= 11 is 0. The molecule has 3 aromatic carbocycles. The molecule has 0 spiro atoms. The van der Waals surface area contributed by atoms with Gasteiger partial charge in [0, 0.05) is 12.5 Å². The number of aromatic amines is 2. The van der Waals surface area contributed by atoms with Gasteiger partial charge in [-0.15, -0.1) is 0 Å². The highest BCUT2D eigenvalue weighted by molar-refractivity contribution is 5.79. The summed E-state index contributed by atoms with van der Waals surface area (Å²) in [5, 5.41) is 23.5. The number of amides is 1. The Hall–Kier alpha value is -4.21. The van der Waals surface area contributed by atoms with Crippen molar-refractivity contribution in [3.8, 4) is 11.1 Å². The van der Waals surface area contributed by atoms with E-state index >= 15 is 0 Å². The van der Waals surface area contributed by atoms with Crippen molar-refractivity contribution in [1.82, 2.24) is 15.3 Å². The fourth-order valence-corrected chi connectivity index (χ4v) is 4.54. The van der Waals surface area contributed by atoms with Gasteiger partial charge in [0.1, 0.15) is 18.8 Å². The molecule has 9 heteroatoms. The van der Waals surface area contributed by atoms with Crippen molar-refractivity contribution >= 4 is 17.0 Å². The smallest absolute Gasteiger partial charge is 0.407 e. The number of ether oxygens (including phenoxy) is 1. The average Bonchev–Trinajstić information content (AvgIpc) is 3.19. The number of alkyl carbamates (subject to hydrolysis) is 1. The van der Waals surface area contributed by atoms with Crippen LogP contribution in [0.3, 0.4) is 0 Å². The summed E-state index contributed by atoms with van der Waals surface area (Å²) in [6.07, 6.45) is -3.44. The van der Waals surface area contributed by atoms with E-state index in [1.54, 1.807) is 0 Å². The summed E-state index contributed by atoms with van der Waals surface area (Å²) in [4.78, 5) is 40.3. The van der Waals surface area contributed by atoms with Crippen LogP contribution in [0.25, 0.3) is 22.0 Å². The average molecular weight is 473 g/mol. The van der Waals surface area contributed by atoms with Crippen molar-refractivity contribution in [2.24, 2.45) is 0 Å². The van der Waals surface area contributed by atoms with Gasteiger partial charge in [-0.1, -0.05) is 54.6 Å².